The smallest absolute Gasteiger partial charge is 0.410 e. The van der Waals surface area contributed by atoms with Gasteiger partial charge in [-0.05, 0) is 73.2 Å². The summed E-state index contributed by atoms with van der Waals surface area (Å²) in [6, 6.07) is 18.0. The standard InChI is InChI=1S/C21H26INO3/c1-21(2,3)26-20(24)23(4)15-14-19(16-8-6-5-7-9-16)25-18-12-10-17(22)11-13-18/h5-13,19H,14-15H2,1-4H3. The summed E-state index contributed by atoms with van der Waals surface area (Å²) in [6.45, 7) is 6.14. The third-order valence-corrected chi connectivity index (χ3v) is 4.41. The van der Waals surface area contributed by atoms with E-state index in [9.17, 15) is 4.79 Å². The molecule has 2 aromatic carbocycles. The van der Waals surface area contributed by atoms with Gasteiger partial charge in [-0.25, -0.2) is 4.79 Å². The van der Waals surface area contributed by atoms with Gasteiger partial charge >= 0.3 is 6.09 Å². The summed E-state index contributed by atoms with van der Waals surface area (Å²) in [5.74, 6) is 0.819. The highest BCUT2D eigenvalue weighted by Crippen LogP contribution is 2.26. The fourth-order valence-corrected chi connectivity index (χ4v) is 2.74. The van der Waals surface area contributed by atoms with Crippen LogP contribution in [-0.4, -0.2) is 30.2 Å². The summed E-state index contributed by atoms with van der Waals surface area (Å²) in [4.78, 5) is 13.8. The quantitative estimate of drug-likeness (QED) is 0.514. The van der Waals surface area contributed by atoms with Crippen LogP contribution in [0.1, 0.15) is 38.9 Å². The predicted octanol–water partition coefficient (Wildman–Crippen LogP) is 5.67. The molecule has 0 bridgehead atoms. The maximum Gasteiger partial charge on any atom is 0.410 e. The van der Waals surface area contributed by atoms with E-state index in [0.29, 0.717) is 13.0 Å². The van der Waals surface area contributed by atoms with Crippen LogP contribution in [0, 0.1) is 3.57 Å². The van der Waals surface area contributed by atoms with Crippen molar-refractivity contribution in [1.82, 2.24) is 4.90 Å². The lowest BCUT2D eigenvalue weighted by Crippen LogP contribution is -2.35. The summed E-state index contributed by atoms with van der Waals surface area (Å²) in [5, 5.41) is 0. The number of ether oxygens (including phenoxy) is 2. The van der Waals surface area contributed by atoms with Gasteiger partial charge in [-0.3, -0.25) is 0 Å². The van der Waals surface area contributed by atoms with Gasteiger partial charge in [0.25, 0.3) is 0 Å². The Morgan fingerprint density at radius 3 is 2.27 bits per heavy atom. The Hall–Kier alpha value is -1.76. The molecule has 2 aromatic rings. The van der Waals surface area contributed by atoms with Crippen molar-refractivity contribution in [1.29, 1.82) is 0 Å². The van der Waals surface area contributed by atoms with Gasteiger partial charge in [-0.1, -0.05) is 30.3 Å². The lowest BCUT2D eigenvalue weighted by Gasteiger charge is -2.26. The van der Waals surface area contributed by atoms with Gasteiger partial charge in [0.15, 0.2) is 0 Å². The Kier molecular flexibility index (Phi) is 7.32. The van der Waals surface area contributed by atoms with Crippen molar-refractivity contribution in [2.75, 3.05) is 13.6 Å². The molecule has 0 aliphatic rings. The number of hydrogen-bond donors (Lipinski definition) is 0. The zero-order valence-electron chi connectivity index (χ0n) is 15.7. The summed E-state index contributed by atoms with van der Waals surface area (Å²) in [5.41, 5.74) is 0.589. The first-order valence-electron chi connectivity index (χ1n) is 8.66. The maximum absolute atomic E-state index is 12.2. The molecule has 0 radical (unpaired) electrons. The summed E-state index contributed by atoms with van der Waals surface area (Å²) >= 11 is 2.27. The zero-order chi connectivity index (χ0) is 19.2. The lowest BCUT2D eigenvalue weighted by molar-refractivity contribution is 0.0278. The molecule has 0 N–H and O–H groups in total. The van der Waals surface area contributed by atoms with E-state index in [-0.39, 0.29) is 12.2 Å². The Labute approximate surface area is 169 Å². The molecule has 1 amide bonds. The Bertz CT molecular complexity index is 695. The Morgan fingerprint density at radius 1 is 1.08 bits per heavy atom. The first-order chi connectivity index (χ1) is 12.2. The molecule has 5 heteroatoms. The van der Waals surface area contributed by atoms with Crippen molar-refractivity contribution >= 4 is 28.7 Å². The monoisotopic (exact) mass is 467 g/mol. The summed E-state index contributed by atoms with van der Waals surface area (Å²) < 4.78 is 12.8. The van der Waals surface area contributed by atoms with Crippen LogP contribution < -0.4 is 4.74 Å². The zero-order valence-corrected chi connectivity index (χ0v) is 17.9. The minimum atomic E-state index is -0.498. The van der Waals surface area contributed by atoms with Gasteiger partial charge in [0.05, 0.1) is 0 Å². The molecule has 0 saturated heterocycles. The summed E-state index contributed by atoms with van der Waals surface area (Å²) in [6.07, 6.45) is 0.214. The van der Waals surface area contributed by atoms with Crippen LogP contribution in [0.15, 0.2) is 54.6 Å². The number of carbonyl (C=O) groups is 1. The number of hydrogen-bond acceptors (Lipinski definition) is 3. The molecule has 0 aromatic heterocycles. The molecule has 0 heterocycles. The highest BCUT2D eigenvalue weighted by Gasteiger charge is 2.21. The normalized spacial score (nSPS) is 12.3. The van der Waals surface area contributed by atoms with Crippen molar-refractivity contribution in [3.63, 3.8) is 0 Å². The third kappa shape index (κ3) is 6.86. The average molecular weight is 467 g/mol. The first-order valence-corrected chi connectivity index (χ1v) is 9.74. The van der Waals surface area contributed by atoms with Crippen molar-refractivity contribution in [3.8, 4) is 5.75 Å². The van der Waals surface area contributed by atoms with Crippen LogP contribution in [0.5, 0.6) is 5.75 Å². The topological polar surface area (TPSA) is 38.8 Å². The third-order valence-electron chi connectivity index (χ3n) is 3.70. The van der Waals surface area contributed by atoms with Crippen molar-refractivity contribution < 1.29 is 14.3 Å². The first kappa shape index (κ1) is 20.6. The molecule has 1 unspecified atom stereocenters. The molecule has 26 heavy (non-hydrogen) atoms. The lowest BCUT2D eigenvalue weighted by atomic mass is 10.1. The number of rotatable bonds is 6. The number of carbonyl (C=O) groups excluding carboxylic acids is 1. The second-order valence-electron chi connectivity index (χ2n) is 7.16. The van der Waals surface area contributed by atoms with E-state index in [0.717, 1.165) is 14.9 Å². The van der Waals surface area contributed by atoms with Crippen molar-refractivity contribution in [2.24, 2.45) is 0 Å². The molecule has 0 spiro atoms. The Morgan fingerprint density at radius 2 is 1.69 bits per heavy atom. The van der Waals surface area contributed by atoms with Crippen LogP contribution in [0.2, 0.25) is 0 Å². The highest BCUT2D eigenvalue weighted by atomic mass is 127. The molecule has 0 aliphatic heterocycles. The molecule has 1 atom stereocenters. The minimum absolute atomic E-state index is 0.138. The molecule has 140 valence electrons. The van der Waals surface area contributed by atoms with Crippen LogP contribution >= 0.6 is 22.6 Å². The van der Waals surface area contributed by atoms with Crippen LogP contribution in [-0.2, 0) is 4.74 Å². The van der Waals surface area contributed by atoms with Crippen molar-refractivity contribution in [2.45, 2.75) is 38.9 Å². The van der Waals surface area contributed by atoms with E-state index < -0.39 is 5.60 Å². The molecule has 0 saturated carbocycles. The fourth-order valence-electron chi connectivity index (χ4n) is 2.38. The second kappa shape index (κ2) is 9.26. The molecule has 2 rings (SSSR count). The average Bonchev–Trinajstić information content (AvgIpc) is 2.59. The summed E-state index contributed by atoms with van der Waals surface area (Å²) in [7, 11) is 1.75. The molecular formula is C21H26INO3. The number of benzene rings is 2. The van der Waals surface area contributed by atoms with E-state index in [1.54, 1.807) is 11.9 Å². The molecular weight excluding hydrogens is 441 g/mol. The van der Waals surface area contributed by atoms with E-state index >= 15 is 0 Å². The van der Waals surface area contributed by atoms with Gasteiger partial charge in [0, 0.05) is 23.6 Å². The minimum Gasteiger partial charge on any atom is -0.486 e. The van der Waals surface area contributed by atoms with E-state index in [2.05, 4.69) is 22.6 Å². The second-order valence-corrected chi connectivity index (χ2v) is 8.41. The van der Waals surface area contributed by atoms with Crippen LogP contribution in [0.4, 0.5) is 4.79 Å². The molecule has 0 aliphatic carbocycles. The van der Waals surface area contributed by atoms with Gasteiger partial charge in [-0.2, -0.15) is 0 Å². The largest absolute Gasteiger partial charge is 0.486 e. The van der Waals surface area contributed by atoms with Crippen LogP contribution in [0.25, 0.3) is 0 Å². The number of nitrogens with zero attached hydrogens (tertiary/aromatic N) is 1. The molecule has 4 nitrogen and oxygen atoms in total. The van der Waals surface area contributed by atoms with Crippen molar-refractivity contribution in [3.05, 3.63) is 63.7 Å². The van der Waals surface area contributed by atoms with E-state index in [4.69, 9.17) is 9.47 Å². The number of amides is 1. The fraction of sp³-hybridized carbons (Fsp3) is 0.381. The predicted molar refractivity (Wildman–Crippen MR) is 112 cm³/mol. The number of halogens is 1. The SMILES string of the molecule is CN(CCC(Oc1ccc(I)cc1)c1ccccc1)C(=O)OC(C)(C)C. The highest BCUT2D eigenvalue weighted by molar-refractivity contribution is 14.1. The van der Waals surface area contributed by atoms with Gasteiger partial charge in [0.1, 0.15) is 17.5 Å². The van der Waals surface area contributed by atoms with E-state index in [1.807, 2.05) is 75.4 Å². The molecule has 0 fully saturated rings. The Balaban J connectivity index is 2.05. The van der Waals surface area contributed by atoms with Crippen LogP contribution in [0.3, 0.4) is 0 Å². The van der Waals surface area contributed by atoms with E-state index in [1.165, 1.54) is 0 Å². The van der Waals surface area contributed by atoms with Gasteiger partial charge < -0.3 is 14.4 Å². The maximum atomic E-state index is 12.2. The van der Waals surface area contributed by atoms with Gasteiger partial charge in [-0.15, -0.1) is 0 Å². The van der Waals surface area contributed by atoms with Gasteiger partial charge in [0.2, 0.25) is 0 Å².